The minimum atomic E-state index is -0.537. The molecule has 1 heterocycles. The second-order valence-electron chi connectivity index (χ2n) is 6.62. The van der Waals surface area contributed by atoms with Gasteiger partial charge in [-0.3, -0.25) is 14.9 Å². The van der Waals surface area contributed by atoms with E-state index in [4.69, 9.17) is 9.15 Å². The van der Waals surface area contributed by atoms with Gasteiger partial charge in [0.15, 0.2) is 6.61 Å². The van der Waals surface area contributed by atoms with Crippen LogP contribution in [0.25, 0.3) is 11.5 Å². The van der Waals surface area contributed by atoms with Crippen LogP contribution in [0, 0.1) is 0 Å². The van der Waals surface area contributed by atoms with E-state index in [1.807, 2.05) is 42.5 Å². The number of carbonyl (C=O) groups is 2. The highest BCUT2D eigenvalue weighted by Gasteiger charge is 2.15. The number of hydrogen-bond donors (Lipinski definition) is 1. The first-order valence-electron chi connectivity index (χ1n) is 9.12. The molecule has 28 heavy (non-hydrogen) atoms. The molecule has 2 aromatic carbocycles. The van der Waals surface area contributed by atoms with E-state index in [1.165, 1.54) is 11.1 Å². The van der Waals surface area contributed by atoms with Crippen LogP contribution < -0.4 is 5.32 Å². The van der Waals surface area contributed by atoms with E-state index in [9.17, 15) is 9.59 Å². The fourth-order valence-electron chi connectivity index (χ4n) is 3.23. The van der Waals surface area contributed by atoms with Gasteiger partial charge in [-0.15, -0.1) is 5.10 Å². The normalized spacial score (nSPS) is 12.4. The number of anilines is 1. The highest BCUT2D eigenvalue weighted by Crippen LogP contribution is 2.23. The Morgan fingerprint density at radius 3 is 2.71 bits per heavy atom. The molecule has 1 aromatic heterocycles. The maximum Gasteiger partial charge on any atom is 0.322 e. The maximum atomic E-state index is 12.0. The number of nitrogens with one attached hydrogen (secondary N) is 1. The van der Waals surface area contributed by atoms with Crippen LogP contribution in [0.2, 0.25) is 0 Å². The Balaban J connectivity index is 1.26. The summed E-state index contributed by atoms with van der Waals surface area (Å²) in [6, 6.07) is 15.2. The lowest BCUT2D eigenvalue weighted by molar-refractivity contribution is -0.146. The van der Waals surface area contributed by atoms with Crippen molar-refractivity contribution >= 4 is 17.9 Å². The standard InChI is InChI=1S/C21H19N3O4/c25-18(22-21-24-23-20(28-21)16-5-2-1-3-6-16)13-27-19(26)12-14-9-10-15-7-4-8-17(15)11-14/h1-3,5-6,9-11H,4,7-8,12-13H2,(H,22,24,25). The van der Waals surface area contributed by atoms with Crippen LogP contribution >= 0.6 is 0 Å². The molecule has 7 heteroatoms. The molecule has 0 aliphatic heterocycles. The Labute approximate surface area is 161 Å². The monoisotopic (exact) mass is 377 g/mol. The van der Waals surface area contributed by atoms with Gasteiger partial charge in [0, 0.05) is 5.56 Å². The number of esters is 1. The van der Waals surface area contributed by atoms with Crippen LogP contribution in [0.5, 0.6) is 0 Å². The molecule has 7 nitrogen and oxygen atoms in total. The summed E-state index contributed by atoms with van der Waals surface area (Å²) in [5.41, 5.74) is 4.30. The van der Waals surface area contributed by atoms with Crippen LogP contribution in [0.4, 0.5) is 6.01 Å². The Morgan fingerprint density at radius 2 is 1.86 bits per heavy atom. The first-order chi connectivity index (χ1) is 13.7. The smallest absolute Gasteiger partial charge is 0.322 e. The molecule has 0 atom stereocenters. The number of carbonyl (C=O) groups excluding carboxylic acids is 2. The molecule has 1 aliphatic carbocycles. The van der Waals surface area contributed by atoms with Gasteiger partial charge in [-0.05, 0) is 48.1 Å². The fourth-order valence-corrected chi connectivity index (χ4v) is 3.23. The molecule has 4 rings (SSSR count). The average Bonchev–Trinajstić information content (AvgIpc) is 3.36. The van der Waals surface area contributed by atoms with E-state index in [0.29, 0.717) is 5.89 Å². The van der Waals surface area contributed by atoms with Gasteiger partial charge in [0.2, 0.25) is 5.89 Å². The third-order valence-electron chi connectivity index (χ3n) is 4.57. The lowest BCUT2D eigenvalue weighted by Gasteiger charge is -2.06. The molecule has 0 saturated carbocycles. The number of hydrogen-bond acceptors (Lipinski definition) is 6. The van der Waals surface area contributed by atoms with Gasteiger partial charge in [-0.25, -0.2) is 0 Å². The topological polar surface area (TPSA) is 94.3 Å². The number of benzene rings is 2. The maximum absolute atomic E-state index is 12.0. The quantitative estimate of drug-likeness (QED) is 0.664. The Kier molecular flexibility index (Phi) is 5.14. The number of ether oxygens (including phenoxy) is 1. The van der Waals surface area contributed by atoms with Crippen molar-refractivity contribution in [2.75, 3.05) is 11.9 Å². The molecule has 1 N–H and O–H groups in total. The first-order valence-corrected chi connectivity index (χ1v) is 9.12. The summed E-state index contributed by atoms with van der Waals surface area (Å²) in [5, 5.41) is 10.1. The Bertz CT molecular complexity index is 998. The molecule has 1 aliphatic rings. The van der Waals surface area contributed by atoms with Crippen molar-refractivity contribution < 1.29 is 18.7 Å². The van der Waals surface area contributed by atoms with E-state index >= 15 is 0 Å². The number of aromatic nitrogens is 2. The zero-order valence-corrected chi connectivity index (χ0v) is 15.2. The predicted octanol–water partition coefficient (Wildman–Crippen LogP) is 2.95. The highest BCUT2D eigenvalue weighted by molar-refractivity contribution is 5.91. The molecule has 0 fully saturated rings. The molecule has 0 saturated heterocycles. The fraction of sp³-hybridized carbons (Fsp3) is 0.238. The molecule has 142 valence electrons. The van der Waals surface area contributed by atoms with Crippen LogP contribution in [0.3, 0.4) is 0 Å². The average molecular weight is 377 g/mol. The zero-order valence-electron chi connectivity index (χ0n) is 15.2. The number of rotatable bonds is 6. The Morgan fingerprint density at radius 1 is 1.04 bits per heavy atom. The molecular weight excluding hydrogens is 358 g/mol. The third kappa shape index (κ3) is 4.25. The van der Waals surface area contributed by atoms with Gasteiger partial charge in [-0.1, -0.05) is 41.5 Å². The predicted molar refractivity (Wildman–Crippen MR) is 101 cm³/mol. The number of aryl methyl sites for hydroxylation is 2. The summed E-state index contributed by atoms with van der Waals surface area (Å²) in [4.78, 5) is 24.0. The molecule has 0 bridgehead atoms. The van der Waals surface area contributed by atoms with Gasteiger partial charge in [-0.2, -0.15) is 0 Å². The molecule has 1 amide bonds. The number of nitrogens with zero attached hydrogens (tertiary/aromatic N) is 2. The van der Waals surface area contributed by atoms with E-state index in [1.54, 1.807) is 0 Å². The van der Waals surface area contributed by atoms with Crippen molar-refractivity contribution in [3.63, 3.8) is 0 Å². The Hall–Kier alpha value is -3.48. The minimum Gasteiger partial charge on any atom is -0.455 e. The van der Waals surface area contributed by atoms with Crippen molar-refractivity contribution in [2.24, 2.45) is 0 Å². The zero-order chi connectivity index (χ0) is 19.3. The number of fused-ring (bicyclic) bond motifs is 1. The third-order valence-corrected chi connectivity index (χ3v) is 4.57. The van der Waals surface area contributed by atoms with Gasteiger partial charge in [0.25, 0.3) is 5.91 Å². The van der Waals surface area contributed by atoms with Gasteiger partial charge in [0.05, 0.1) is 6.42 Å². The summed E-state index contributed by atoms with van der Waals surface area (Å²) in [6.45, 7) is -0.410. The summed E-state index contributed by atoms with van der Waals surface area (Å²) in [7, 11) is 0. The van der Waals surface area contributed by atoms with E-state index < -0.39 is 18.5 Å². The van der Waals surface area contributed by atoms with Gasteiger partial charge >= 0.3 is 12.0 Å². The first kappa shape index (κ1) is 17.9. The molecule has 0 radical (unpaired) electrons. The summed E-state index contributed by atoms with van der Waals surface area (Å²) in [6.07, 6.45) is 3.45. The van der Waals surface area contributed by atoms with Crippen molar-refractivity contribution in [1.82, 2.24) is 10.2 Å². The van der Waals surface area contributed by atoms with E-state index in [-0.39, 0.29) is 12.4 Å². The lowest BCUT2D eigenvalue weighted by Crippen LogP contribution is -2.21. The SMILES string of the molecule is O=C(COC(=O)Cc1ccc2c(c1)CCC2)Nc1nnc(-c2ccccc2)o1. The van der Waals surface area contributed by atoms with Crippen molar-refractivity contribution in [1.29, 1.82) is 0 Å². The van der Waals surface area contributed by atoms with Gasteiger partial charge in [0.1, 0.15) is 0 Å². The lowest BCUT2D eigenvalue weighted by atomic mass is 10.0. The van der Waals surface area contributed by atoms with E-state index in [2.05, 4.69) is 21.6 Å². The van der Waals surface area contributed by atoms with Crippen LogP contribution in [0.1, 0.15) is 23.1 Å². The van der Waals surface area contributed by atoms with Gasteiger partial charge < -0.3 is 9.15 Å². The molecule has 0 spiro atoms. The van der Waals surface area contributed by atoms with Crippen LogP contribution in [-0.2, 0) is 33.6 Å². The van der Waals surface area contributed by atoms with Crippen molar-refractivity contribution in [2.45, 2.75) is 25.7 Å². The summed E-state index contributed by atoms with van der Waals surface area (Å²) in [5.74, 6) is -0.696. The van der Waals surface area contributed by atoms with Crippen LogP contribution in [0.15, 0.2) is 52.9 Å². The highest BCUT2D eigenvalue weighted by atomic mass is 16.5. The number of amides is 1. The second kappa shape index (κ2) is 8.04. The second-order valence-corrected chi connectivity index (χ2v) is 6.62. The van der Waals surface area contributed by atoms with Crippen molar-refractivity contribution in [3.8, 4) is 11.5 Å². The summed E-state index contributed by atoms with van der Waals surface area (Å²) < 4.78 is 10.4. The van der Waals surface area contributed by atoms with Crippen LogP contribution in [-0.4, -0.2) is 28.7 Å². The molecular formula is C21H19N3O4. The van der Waals surface area contributed by atoms with Crippen molar-refractivity contribution in [3.05, 3.63) is 65.2 Å². The minimum absolute atomic E-state index is 0.0430. The largest absolute Gasteiger partial charge is 0.455 e. The van der Waals surface area contributed by atoms with E-state index in [0.717, 1.165) is 30.4 Å². The molecule has 0 unspecified atom stereocenters. The summed E-state index contributed by atoms with van der Waals surface area (Å²) >= 11 is 0. The molecule has 3 aromatic rings.